The fourth-order valence-electron chi connectivity index (χ4n) is 1.91. The average molecular weight is 241 g/mol. The summed E-state index contributed by atoms with van der Waals surface area (Å²) >= 11 is 6.44. The Morgan fingerprint density at radius 1 is 1.38 bits per heavy atom. The molecule has 2 nitrogen and oxygen atoms in total. The Morgan fingerprint density at radius 3 is 2.50 bits per heavy atom. The van der Waals surface area contributed by atoms with Crippen molar-refractivity contribution in [2.24, 2.45) is 0 Å². The zero-order valence-corrected chi connectivity index (χ0v) is 10.7. The molecule has 0 aromatic heterocycles. The molecule has 0 N–H and O–H groups in total. The van der Waals surface area contributed by atoms with Crippen LogP contribution >= 0.6 is 11.6 Å². The summed E-state index contributed by atoms with van der Waals surface area (Å²) in [5, 5.41) is 0. The van der Waals surface area contributed by atoms with Crippen LogP contribution in [0.4, 0.5) is 0 Å². The molecule has 3 heteroatoms. The average Bonchev–Trinajstić information content (AvgIpc) is 2.25. The lowest BCUT2D eigenvalue weighted by molar-refractivity contribution is -0.0152. The Bertz CT molecular complexity index is 384. The van der Waals surface area contributed by atoms with Crippen LogP contribution in [0, 0.1) is 0 Å². The monoisotopic (exact) mass is 240 g/mol. The first kappa shape index (κ1) is 11.7. The number of hydrogen-bond donors (Lipinski definition) is 0. The summed E-state index contributed by atoms with van der Waals surface area (Å²) in [6.45, 7) is 5.50. The highest BCUT2D eigenvalue weighted by Crippen LogP contribution is 2.39. The summed E-state index contributed by atoms with van der Waals surface area (Å²) in [5.41, 5.74) is 2.33. The standard InChI is InChI=1S/C13H17ClO2/c1-9(2)11-6-10(4-5-12(11)15-3)13(14)7-16-8-13/h4-6,9H,7-8H2,1-3H3. The van der Waals surface area contributed by atoms with Gasteiger partial charge in [-0.05, 0) is 29.2 Å². The summed E-state index contributed by atoms with van der Waals surface area (Å²) < 4.78 is 10.5. The zero-order valence-electron chi connectivity index (χ0n) is 9.92. The van der Waals surface area contributed by atoms with E-state index in [1.165, 1.54) is 5.56 Å². The highest BCUT2D eigenvalue weighted by atomic mass is 35.5. The minimum absolute atomic E-state index is 0.324. The molecule has 0 atom stereocenters. The molecule has 0 saturated carbocycles. The van der Waals surface area contributed by atoms with Gasteiger partial charge in [0.1, 0.15) is 10.6 Å². The van der Waals surface area contributed by atoms with Gasteiger partial charge in [-0.15, -0.1) is 11.6 Å². The van der Waals surface area contributed by atoms with Crippen molar-refractivity contribution in [1.29, 1.82) is 0 Å². The van der Waals surface area contributed by atoms with Crippen molar-refractivity contribution in [3.05, 3.63) is 29.3 Å². The normalized spacial score (nSPS) is 18.3. The van der Waals surface area contributed by atoms with Crippen LogP contribution in [0.3, 0.4) is 0 Å². The number of hydrogen-bond acceptors (Lipinski definition) is 2. The summed E-state index contributed by atoms with van der Waals surface area (Å²) in [7, 11) is 1.70. The molecule has 0 amide bonds. The number of halogens is 1. The molecule has 1 aromatic rings. The third-order valence-corrected chi connectivity index (χ3v) is 3.47. The summed E-state index contributed by atoms with van der Waals surface area (Å²) in [6.07, 6.45) is 0. The van der Waals surface area contributed by atoms with Gasteiger partial charge in [-0.1, -0.05) is 19.9 Å². The number of methoxy groups -OCH3 is 1. The molecular weight excluding hydrogens is 224 g/mol. The first-order chi connectivity index (χ1) is 7.57. The van der Waals surface area contributed by atoms with Crippen molar-refractivity contribution in [2.45, 2.75) is 24.6 Å². The second-order valence-corrected chi connectivity index (χ2v) is 5.29. The largest absolute Gasteiger partial charge is 0.496 e. The topological polar surface area (TPSA) is 18.5 Å². The number of alkyl halides is 1. The van der Waals surface area contributed by atoms with Gasteiger partial charge in [-0.25, -0.2) is 0 Å². The molecule has 1 aliphatic rings. The van der Waals surface area contributed by atoms with E-state index in [0.29, 0.717) is 19.1 Å². The Hall–Kier alpha value is -0.730. The lowest BCUT2D eigenvalue weighted by Gasteiger charge is -2.36. The van der Waals surface area contributed by atoms with Gasteiger partial charge >= 0.3 is 0 Å². The van der Waals surface area contributed by atoms with Crippen molar-refractivity contribution < 1.29 is 9.47 Å². The molecular formula is C13H17ClO2. The third kappa shape index (κ3) is 1.92. The van der Waals surface area contributed by atoms with Gasteiger partial charge < -0.3 is 9.47 Å². The zero-order chi connectivity index (χ0) is 11.8. The fraction of sp³-hybridized carbons (Fsp3) is 0.538. The van der Waals surface area contributed by atoms with Crippen LogP contribution < -0.4 is 4.74 Å². The second kappa shape index (κ2) is 4.27. The van der Waals surface area contributed by atoms with Gasteiger partial charge in [-0.2, -0.15) is 0 Å². The summed E-state index contributed by atoms with van der Waals surface area (Å²) in [6, 6.07) is 6.16. The molecule has 16 heavy (non-hydrogen) atoms. The van der Waals surface area contributed by atoms with Crippen LogP contribution in [0.25, 0.3) is 0 Å². The van der Waals surface area contributed by atoms with E-state index in [1.54, 1.807) is 7.11 Å². The van der Waals surface area contributed by atoms with E-state index in [-0.39, 0.29) is 4.87 Å². The van der Waals surface area contributed by atoms with E-state index >= 15 is 0 Å². The van der Waals surface area contributed by atoms with E-state index in [9.17, 15) is 0 Å². The molecule has 0 aliphatic carbocycles. The third-order valence-electron chi connectivity index (χ3n) is 3.03. The van der Waals surface area contributed by atoms with Crippen LogP contribution in [0.15, 0.2) is 18.2 Å². The predicted molar refractivity (Wildman–Crippen MR) is 65.4 cm³/mol. The van der Waals surface area contributed by atoms with Gasteiger partial charge in [0.25, 0.3) is 0 Å². The van der Waals surface area contributed by atoms with Crippen molar-refractivity contribution in [1.82, 2.24) is 0 Å². The maximum atomic E-state index is 6.44. The van der Waals surface area contributed by atoms with Gasteiger partial charge in [0.15, 0.2) is 0 Å². The molecule has 0 unspecified atom stereocenters. The molecule has 1 aromatic carbocycles. The van der Waals surface area contributed by atoms with Crippen molar-refractivity contribution in [3.63, 3.8) is 0 Å². The minimum atomic E-state index is -0.324. The van der Waals surface area contributed by atoms with Gasteiger partial charge in [0.2, 0.25) is 0 Å². The summed E-state index contributed by atoms with van der Waals surface area (Å²) in [5.74, 6) is 1.36. The van der Waals surface area contributed by atoms with Crippen LogP contribution in [-0.2, 0) is 9.61 Å². The molecule has 0 radical (unpaired) electrons. The predicted octanol–water partition coefficient (Wildman–Crippen LogP) is 3.28. The van der Waals surface area contributed by atoms with Crippen LogP contribution in [0.1, 0.15) is 30.9 Å². The van der Waals surface area contributed by atoms with Crippen LogP contribution in [0.5, 0.6) is 5.75 Å². The van der Waals surface area contributed by atoms with E-state index in [2.05, 4.69) is 19.9 Å². The Morgan fingerprint density at radius 2 is 2.06 bits per heavy atom. The fourth-order valence-corrected chi connectivity index (χ4v) is 2.18. The van der Waals surface area contributed by atoms with E-state index in [1.807, 2.05) is 12.1 Å². The van der Waals surface area contributed by atoms with Crippen molar-refractivity contribution in [2.75, 3.05) is 20.3 Å². The lowest BCUT2D eigenvalue weighted by atomic mass is 9.91. The Labute approximate surface area is 102 Å². The molecule has 2 rings (SSSR count). The Balaban J connectivity index is 2.38. The van der Waals surface area contributed by atoms with Crippen molar-refractivity contribution in [3.8, 4) is 5.75 Å². The molecule has 0 spiro atoms. The van der Waals surface area contributed by atoms with Crippen LogP contribution in [0.2, 0.25) is 0 Å². The maximum absolute atomic E-state index is 6.44. The first-order valence-corrected chi connectivity index (χ1v) is 5.90. The van der Waals surface area contributed by atoms with E-state index < -0.39 is 0 Å². The number of ether oxygens (including phenoxy) is 2. The number of benzene rings is 1. The van der Waals surface area contributed by atoms with E-state index in [0.717, 1.165) is 11.3 Å². The molecule has 88 valence electrons. The molecule has 1 aliphatic heterocycles. The van der Waals surface area contributed by atoms with Crippen LogP contribution in [-0.4, -0.2) is 20.3 Å². The molecule has 0 bridgehead atoms. The molecule has 1 fully saturated rings. The lowest BCUT2D eigenvalue weighted by Crippen LogP contribution is -2.41. The number of rotatable bonds is 3. The summed E-state index contributed by atoms with van der Waals surface area (Å²) in [4.78, 5) is -0.324. The van der Waals surface area contributed by atoms with Gasteiger partial charge in [0.05, 0.1) is 20.3 Å². The molecule has 1 heterocycles. The minimum Gasteiger partial charge on any atom is -0.496 e. The highest BCUT2D eigenvalue weighted by molar-refractivity contribution is 6.24. The first-order valence-electron chi connectivity index (χ1n) is 5.52. The smallest absolute Gasteiger partial charge is 0.122 e. The highest BCUT2D eigenvalue weighted by Gasteiger charge is 2.38. The quantitative estimate of drug-likeness (QED) is 0.755. The SMILES string of the molecule is COc1ccc(C2(Cl)COC2)cc1C(C)C. The van der Waals surface area contributed by atoms with E-state index in [4.69, 9.17) is 21.1 Å². The Kier molecular flexibility index (Phi) is 3.13. The van der Waals surface area contributed by atoms with Gasteiger partial charge in [-0.3, -0.25) is 0 Å². The maximum Gasteiger partial charge on any atom is 0.122 e. The second-order valence-electron chi connectivity index (χ2n) is 4.57. The molecule has 1 saturated heterocycles. The van der Waals surface area contributed by atoms with Crippen molar-refractivity contribution >= 4 is 11.6 Å². The van der Waals surface area contributed by atoms with Gasteiger partial charge in [0, 0.05) is 0 Å².